The zero-order chi connectivity index (χ0) is 12.5. The van der Waals surface area contributed by atoms with Gasteiger partial charge in [0.2, 0.25) is 6.41 Å². The van der Waals surface area contributed by atoms with E-state index in [4.69, 9.17) is 5.73 Å². The largest absolute Gasteiger partial charge is 0.357 e. The van der Waals surface area contributed by atoms with Crippen LogP contribution in [0.25, 0.3) is 0 Å². The number of rotatable bonds is 3. The average Bonchev–Trinajstić information content (AvgIpc) is 1.94. The van der Waals surface area contributed by atoms with Crippen LogP contribution in [-0.2, 0) is 4.79 Å². The Kier molecular flexibility index (Phi) is 8.63. The molecule has 0 fully saturated rings. The van der Waals surface area contributed by atoms with Crippen LogP contribution in [0.1, 0.15) is 48.0 Å². The molecule has 1 amide bonds. The Morgan fingerprint density at radius 2 is 1.47 bits per heavy atom. The lowest BCUT2D eigenvalue weighted by molar-refractivity contribution is -0.109. The minimum Gasteiger partial charge on any atom is -0.357 e. The van der Waals surface area contributed by atoms with Crippen LogP contribution in [0.2, 0.25) is 0 Å². The van der Waals surface area contributed by atoms with Gasteiger partial charge in [0.1, 0.15) is 0 Å². The Hall–Kier alpha value is -0.570. The van der Waals surface area contributed by atoms with Gasteiger partial charge >= 0.3 is 0 Å². The number of carbonyl (C=O) groups excluding carboxylic acids is 1. The van der Waals surface area contributed by atoms with Crippen molar-refractivity contribution >= 4 is 6.41 Å². The lowest BCUT2D eigenvalue weighted by Gasteiger charge is -2.28. The van der Waals surface area contributed by atoms with E-state index in [1.807, 2.05) is 0 Å². The molecule has 0 radical (unpaired) electrons. The third kappa shape index (κ3) is 24.7. The van der Waals surface area contributed by atoms with Crippen molar-refractivity contribution in [3.8, 4) is 0 Å². The van der Waals surface area contributed by atoms with Crippen molar-refractivity contribution in [2.24, 2.45) is 16.6 Å². The zero-order valence-corrected chi connectivity index (χ0v) is 11.2. The van der Waals surface area contributed by atoms with Gasteiger partial charge in [-0.1, -0.05) is 41.5 Å². The average molecular weight is 216 g/mol. The van der Waals surface area contributed by atoms with Crippen molar-refractivity contribution in [2.75, 3.05) is 13.1 Å². The van der Waals surface area contributed by atoms with Crippen LogP contribution in [0, 0.1) is 10.8 Å². The molecule has 0 saturated heterocycles. The summed E-state index contributed by atoms with van der Waals surface area (Å²) in [6.07, 6.45) is 1.92. The second kappa shape index (κ2) is 7.69. The third-order valence-electron chi connectivity index (χ3n) is 1.43. The Morgan fingerprint density at radius 3 is 1.53 bits per heavy atom. The van der Waals surface area contributed by atoms with Crippen LogP contribution in [0.15, 0.2) is 0 Å². The zero-order valence-electron chi connectivity index (χ0n) is 11.2. The minimum atomic E-state index is 0.484. The van der Waals surface area contributed by atoms with Gasteiger partial charge in [-0.3, -0.25) is 4.79 Å². The molecule has 92 valence electrons. The van der Waals surface area contributed by atoms with E-state index in [1.54, 1.807) is 0 Å². The van der Waals surface area contributed by atoms with E-state index in [0.29, 0.717) is 30.3 Å². The van der Waals surface area contributed by atoms with Gasteiger partial charge in [0.05, 0.1) is 0 Å². The summed E-state index contributed by atoms with van der Waals surface area (Å²) in [6, 6.07) is 0. The van der Waals surface area contributed by atoms with Crippen LogP contribution in [0.5, 0.6) is 0 Å². The molecule has 0 aliphatic carbocycles. The molecular formula is C12H28N2O. The highest BCUT2D eigenvalue weighted by Gasteiger charge is 2.20. The van der Waals surface area contributed by atoms with Crippen molar-refractivity contribution in [1.82, 2.24) is 5.32 Å². The molecule has 3 nitrogen and oxygen atoms in total. The first-order chi connectivity index (χ1) is 6.62. The summed E-state index contributed by atoms with van der Waals surface area (Å²) in [5.74, 6) is 0. The first kappa shape index (κ1) is 16.8. The molecule has 0 aliphatic rings. The van der Waals surface area contributed by atoms with Crippen LogP contribution in [0.3, 0.4) is 0 Å². The Bertz CT molecular complexity index is 142. The molecular weight excluding hydrogens is 188 g/mol. The number of hydrogen-bond donors (Lipinski definition) is 2. The van der Waals surface area contributed by atoms with Crippen molar-refractivity contribution in [2.45, 2.75) is 48.0 Å². The monoisotopic (exact) mass is 216 g/mol. The quantitative estimate of drug-likeness (QED) is 0.561. The van der Waals surface area contributed by atoms with Crippen LogP contribution < -0.4 is 11.1 Å². The minimum absolute atomic E-state index is 0.484. The summed E-state index contributed by atoms with van der Waals surface area (Å²) in [5, 5.41) is 2.39. The third-order valence-corrected chi connectivity index (χ3v) is 1.43. The fourth-order valence-electron chi connectivity index (χ4n) is 1.73. The first-order valence-electron chi connectivity index (χ1n) is 5.49. The molecule has 0 aromatic carbocycles. The molecule has 3 N–H and O–H groups in total. The molecule has 0 spiro atoms. The fourth-order valence-corrected chi connectivity index (χ4v) is 1.73. The van der Waals surface area contributed by atoms with Gasteiger partial charge in [-0.05, 0) is 17.3 Å². The van der Waals surface area contributed by atoms with Gasteiger partial charge < -0.3 is 11.1 Å². The molecule has 0 atom stereocenters. The molecule has 0 unspecified atom stereocenters. The van der Waals surface area contributed by atoms with E-state index in [-0.39, 0.29) is 0 Å². The maximum Gasteiger partial charge on any atom is 0.207 e. The number of hydrogen-bond acceptors (Lipinski definition) is 2. The highest BCUT2D eigenvalue weighted by atomic mass is 16.1. The Morgan fingerprint density at radius 1 is 1.07 bits per heavy atom. The molecule has 3 heteroatoms. The van der Waals surface area contributed by atoms with Crippen LogP contribution in [-0.4, -0.2) is 19.5 Å². The molecule has 0 saturated carbocycles. The van der Waals surface area contributed by atoms with E-state index in [0.717, 1.165) is 0 Å². The number of amides is 1. The molecule has 0 heterocycles. The SMILES string of the molecule is CC(C)(C)CC(C)(C)C.NCCNC=O. The fraction of sp³-hybridized carbons (Fsp3) is 0.917. The van der Waals surface area contributed by atoms with Gasteiger partial charge in [0.15, 0.2) is 0 Å². The summed E-state index contributed by atoms with van der Waals surface area (Å²) in [4.78, 5) is 9.40. The van der Waals surface area contributed by atoms with Gasteiger partial charge in [-0.25, -0.2) is 0 Å². The van der Waals surface area contributed by atoms with E-state index >= 15 is 0 Å². The molecule has 0 aliphatic heterocycles. The Balaban J connectivity index is 0. The standard InChI is InChI=1S/C9H20.C3H8N2O/c1-8(2,3)7-9(4,5)6;4-1-2-5-3-6/h7H2,1-6H3;3H,1-2,4H2,(H,5,6). The number of carbonyl (C=O) groups is 1. The molecule has 0 aromatic rings. The second-order valence-electron chi connectivity index (χ2n) is 6.16. The normalized spacial score (nSPS) is 11.4. The predicted octanol–water partition coefficient (Wildman–Crippen LogP) is 2.16. The summed E-state index contributed by atoms with van der Waals surface area (Å²) >= 11 is 0. The maximum atomic E-state index is 9.40. The van der Waals surface area contributed by atoms with Gasteiger partial charge in [0.25, 0.3) is 0 Å². The maximum absolute atomic E-state index is 9.40. The van der Waals surface area contributed by atoms with E-state index in [1.165, 1.54) is 6.42 Å². The van der Waals surface area contributed by atoms with Crippen molar-refractivity contribution in [3.63, 3.8) is 0 Å². The topological polar surface area (TPSA) is 55.1 Å². The van der Waals surface area contributed by atoms with Crippen molar-refractivity contribution < 1.29 is 4.79 Å². The highest BCUT2D eigenvalue weighted by Crippen LogP contribution is 2.31. The Labute approximate surface area is 94.8 Å². The van der Waals surface area contributed by atoms with E-state index in [2.05, 4.69) is 46.9 Å². The summed E-state index contributed by atoms with van der Waals surface area (Å²) in [5.41, 5.74) is 5.96. The second-order valence-corrected chi connectivity index (χ2v) is 6.16. The molecule has 0 bridgehead atoms. The van der Waals surface area contributed by atoms with E-state index < -0.39 is 0 Å². The van der Waals surface area contributed by atoms with Gasteiger partial charge in [0, 0.05) is 13.1 Å². The van der Waals surface area contributed by atoms with Gasteiger partial charge in [-0.2, -0.15) is 0 Å². The van der Waals surface area contributed by atoms with Gasteiger partial charge in [-0.15, -0.1) is 0 Å². The number of nitrogens with two attached hydrogens (primary N) is 1. The molecule has 15 heavy (non-hydrogen) atoms. The summed E-state index contributed by atoms with van der Waals surface area (Å²) < 4.78 is 0. The predicted molar refractivity (Wildman–Crippen MR) is 66.6 cm³/mol. The van der Waals surface area contributed by atoms with E-state index in [9.17, 15) is 4.79 Å². The smallest absolute Gasteiger partial charge is 0.207 e. The lowest BCUT2D eigenvalue weighted by atomic mass is 9.78. The van der Waals surface area contributed by atoms with Crippen molar-refractivity contribution in [1.29, 1.82) is 0 Å². The molecule has 0 aromatic heterocycles. The number of nitrogens with one attached hydrogen (secondary N) is 1. The highest BCUT2D eigenvalue weighted by molar-refractivity contribution is 5.45. The van der Waals surface area contributed by atoms with Crippen molar-refractivity contribution in [3.05, 3.63) is 0 Å². The summed E-state index contributed by atoms with van der Waals surface area (Å²) in [7, 11) is 0. The van der Waals surface area contributed by atoms with Crippen LogP contribution >= 0.6 is 0 Å². The lowest BCUT2D eigenvalue weighted by Crippen LogP contribution is -2.20. The first-order valence-corrected chi connectivity index (χ1v) is 5.49. The summed E-state index contributed by atoms with van der Waals surface area (Å²) in [6.45, 7) is 14.8. The molecule has 0 rings (SSSR count). The van der Waals surface area contributed by atoms with Crippen LogP contribution in [0.4, 0.5) is 0 Å².